The molecule has 4 nitrogen and oxygen atoms in total. The van der Waals surface area contributed by atoms with Crippen LogP contribution in [0.3, 0.4) is 0 Å². The van der Waals surface area contributed by atoms with E-state index < -0.39 is 0 Å². The highest BCUT2D eigenvalue weighted by molar-refractivity contribution is 7.80. The van der Waals surface area contributed by atoms with Crippen LogP contribution in [0.1, 0.15) is 19.3 Å². The van der Waals surface area contributed by atoms with Crippen molar-refractivity contribution >= 4 is 12.6 Å². The van der Waals surface area contributed by atoms with Gasteiger partial charge in [-0.2, -0.15) is 12.6 Å². The van der Waals surface area contributed by atoms with E-state index in [0.29, 0.717) is 33.0 Å². The van der Waals surface area contributed by atoms with Crippen molar-refractivity contribution in [3.63, 3.8) is 0 Å². The van der Waals surface area contributed by atoms with Gasteiger partial charge in [-0.1, -0.05) is 6.42 Å². The van der Waals surface area contributed by atoms with Gasteiger partial charge in [-0.05, 0) is 18.6 Å². The zero-order valence-corrected chi connectivity index (χ0v) is 10.8. The summed E-state index contributed by atoms with van der Waals surface area (Å²) >= 11 is 4.14. The second-order valence-corrected chi connectivity index (χ2v) is 3.79. The van der Waals surface area contributed by atoms with E-state index in [4.69, 9.17) is 19.3 Å². The monoisotopic (exact) mass is 252 g/mol. The highest BCUT2D eigenvalue weighted by Crippen LogP contribution is 1.96. The van der Waals surface area contributed by atoms with Crippen molar-refractivity contribution in [2.75, 3.05) is 52.0 Å². The van der Waals surface area contributed by atoms with Crippen LogP contribution in [0.25, 0.3) is 0 Å². The molecule has 0 aromatic carbocycles. The van der Waals surface area contributed by atoms with Crippen molar-refractivity contribution in [1.29, 1.82) is 0 Å². The number of aliphatic hydroxyl groups is 1. The lowest BCUT2D eigenvalue weighted by Crippen LogP contribution is -2.11. The number of aliphatic hydroxyl groups excluding tert-OH is 1. The van der Waals surface area contributed by atoms with E-state index in [9.17, 15) is 0 Å². The standard InChI is InChI=1S/C11H24O4S/c12-4-6-14-8-10-15-9-7-13-5-2-1-3-11-16/h12,16H,1-11H2. The first-order chi connectivity index (χ1) is 7.91. The number of rotatable bonds is 13. The Bertz CT molecular complexity index is 111. The van der Waals surface area contributed by atoms with Gasteiger partial charge in [0, 0.05) is 6.61 Å². The zero-order valence-electron chi connectivity index (χ0n) is 9.90. The van der Waals surface area contributed by atoms with Crippen LogP contribution >= 0.6 is 12.6 Å². The van der Waals surface area contributed by atoms with Crippen LogP contribution in [0, 0.1) is 0 Å². The summed E-state index contributed by atoms with van der Waals surface area (Å²) in [5.41, 5.74) is 0. The Morgan fingerprint density at radius 3 is 1.81 bits per heavy atom. The second-order valence-electron chi connectivity index (χ2n) is 3.34. The second kappa shape index (κ2) is 15.2. The Morgan fingerprint density at radius 2 is 1.25 bits per heavy atom. The minimum atomic E-state index is 0.0649. The Hall–Kier alpha value is 0.190. The Labute approximate surface area is 104 Å². The van der Waals surface area contributed by atoms with Crippen molar-refractivity contribution < 1.29 is 19.3 Å². The molecule has 0 heterocycles. The van der Waals surface area contributed by atoms with Crippen molar-refractivity contribution in [3.05, 3.63) is 0 Å². The molecule has 0 fully saturated rings. The maximum absolute atomic E-state index is 8.44. The lowest BCUT2D eigenvalue weighted by atomic mass is 10.3. The van der Waals surface area contributed by atoms with Crippen molar-refractivity contribution in [2.24, 2.45) is 0 Å². The van der Waals surface area contributed by atoms with Gasteiger partial charge in [0.15, 0.2) is 0 Å². The zero-order chi connectivity index (χ0) is 11.9. The van der Waals surface area contributed by atoms with Gasteiger partial charge in [0.05, 0.1) is 39.6 Å². The lowest BCUT2D eigenvalue weighted by Gasteiger charge is -2.06. The first-order valence-corrected chi connectivity index (χ1v) is 6.50. The van der Waals surface area contributed by atoms with E-state index in [0.717, 1.165) is 25.2 Å². The van der Waals surface area contributed by atoms with E-state index in [1.54, 1.807) is 0 Å². The molecular weight excluding hydrogens is 228 g/mol. The van der Waals surface area contributed by atoms with E-state index >= 15 is 0 Å². The maximum atomic E-state index is 8.44. The summed E-state index contributed by atoms with van der Waals surface area (Å²) in [5.74, 6) is 0.955. The molecule has 0 spiro atoms. The molecule has 0 saturated carbocycles. The van der Waals surface area contributed by atoms with Crippen molar-refractivity contribution in [3.8, 4) is 0 Å². The van der Waals surface area contributed by atoms with Crippen LogP contribution < -0.4 is 0 Å². The minimum Gasteiger partial charge on any atom is -0.394 e. The molecule has 0 saturated heterocycles. The first-order valence-electron chi connectivity index (χ1n) is 5.86. The van der Waals surface area contributed by atoms with Crippen molar-refractivity contribution in [2.45, 2.75) is 19.3 Å². The molecule has 0 aliphatic heterocycles. The van der Waals surface area contributed by atoms with Gasteiger partial charge < -0.3 is 19.3 Å². The summed E-state index contributed by atoms with van der Waals surface area (Å²) in [4.78, 5) is 0. The van der Waals surface area contributed by atoms with Gasteiger partial charge in [-0.15, -0.1) is 0 Å². The molecule has 16 heavy (non-hydrogen) atoms. The topological polar surface area (TPSA) is 47.9 Å². The van der Waals surface area contributed by atoms with Gasteiger partial charge in [0.2, 0.25) is 0 Å². The molecule has 98 valence electrons. The molecule has 0 rings (SSSR count). The van der Waals surface area contributed by atoms with Gasteiger partial charge in [-0.25, -0.2) is 0 Å². The van der Waals surface area contributed by atoms with Crippen LogP contribution in [0.4, 0.5) is 0 Å². The normalized spacial score (nSPS) is 10.9. The largest absolute Gasteiger partial charge is 0.394 e. The van der Waals surface area contributed by atoms with Crippen LogP contribution in [0.5, 0.6) is 0 Å². The molecule has 0 aliphatic carbocycles. The van der Waals surface area contributed by atoms with Crippen molar-refractivity contribution in [1.82, 2.24) is 0 Å². The molecule has 0 aromatic rings. The highest BCUT2D eigenvalue weighted by atomic mass is 32.1. The Kier molecular flexibility index (Phi) is 15.4. The fraction of sp³-hybridized carbons (Fsp3) is 1.00. The van der Waals surface area contributed by atoms with Crippen LogP contribution in [0.2, 0.25) is 0 Å². The van der Waals surface area contributed by atoms with Crippen LogP contribution in [0.15, 0.2) is 0 Å². The average Bonchev–Trinajstić information content (AvgIpc) is 2.31. The number of hydrogen-bond acceptors (Lipinski definition) is 5. The quantitative estimate of drug-likeness (QED) is 0.381. The summed E-state index contributed by atoms with van der Waals surface area (Å²) in [6.45, 7) is 3.58. The molecule has 0 unspecified atom stereocenters. The molecule has 5 heteroatoms. The average molecular weight is 252 g/mol. The third-order valence-corrected chi connectivity index (χ3v) is 2.24. The van der Waals surface area contributed by atoms with E-state index in [-0.39, 0.29) is 6.61 Å². The SMILES string of the molecule is OCCOCCOCCOCCCCCS. The summed E-state index contributed by atoms with van der Waals surface area (Å²) in [6.07, 6.45) is 3.44. The fourth-order valence-electron chi connectivity index (χ4n) is 1.10. The van der Waals surface area contributed by atoms with E-state index in [1.807, 2.05) is 0 Å². The summed E-state index contributed by atoms with van der Waals surface area (Å²) in [5, 5.41) is 8.44. The van der Waals surface area contributed by atoms with Gasteiger partial charge in [0.1, 0.15) is 0 Å². The smallest absolute Gasteiger partial charge is 0.0701 e. The van der Waals surface area contributed by atoms with E-state index in [1.165, 1.54) is 6.42 Å². The van der Waals surface area contributed by atoms with Gasteiger partial charge in [0.25, 0.3) is 0 Å². The number of hydrogen-bond donors (Lipinski definition) is 2. The maximum Gasteiger partial charge on any atom is 0.0701 e. The van der Waals surface area contributed by atoms with Gasteiger partial charge >= 0.3 is 0 Å². The third kappa shape index (κ3) is 14.2. The molecule has 0 amide bonds. The Balaban J connectivity index is 2.83. The predicted molar refractivity (Wildman–Crippen MR) is 67.2 cm³/mol. The Morgan fingerprint density at radius 1 is 0.688 bits per heavy atom. The molecule has 0 aromatic heterocycles. The summed E-state index contributed by atoms with van der Waals surface area (Å²) in [7, 11) is 0. The molecule has 0 bridgehead atoms. The molecular formula is C11H24O4S. The van der Waals surface area contributed by atoms with Crippen LogP contribution in [-0.2, 0) is 14.2 Å². The summed E-state index contributed by atoms with van der Waals surface area (Å²) in [6, 6.07) is 0. The molecule has 0 atom stereocenters. The number of thiol groups is 1. The minimum absolute atomic E-state index is 0.0649. The lowest BCUT2D eigenvalue weighted by molar-refractivity contribution is 0.00724. The summed E-state index contributed by atoms with van der Waals surface area (Å²) < 4.78 is 15.7. The molecule has 0 aliphatic rings. The van der Waals surface area contributed by atoms with Gasteiger partial charge in [-0.3, -0.25) is 0 Å². The molecule has 0 radical (unpaired) electrons. The highest BCUT2D eigenvalue weighted by Gasteiger charge is 1.91. The predicted octanol–water partition coefficient (Wildman–Crippen LogP) is 1.13. The number of unbranched alkanes of at least 4 members (excludes halogenated alkanes) is 2. The fourth-order valence-corrected chi connectivity index (χ4v) is 1.32. The third-order valence-electron chi connectivity index (χ3n) is 1.93. The first kappa shape index (κ1) is 16.2. The molecule has 1 N–H and O–H groups in total. The van der Waals surface area contributed by atoms with E-state index in [2.05, 4.69) is 12.6 Å². The number of ether oxygens (including phenoxy) is 3. The van der Waals surface area contributed by atoms with Crippen LogP contribution in [-0.4, -0.2) is 57.1 Å².